The lowest BCUT2D eigenvalue weighted by molar-refractivity contribution is -0.142. The van der Waals surface area contributed by atoms with Crippen LogP contribution in [0.4, 0.5) is 9.18 Å². The molecular formula is C28H32ClFN6O6S. The van der Waals surface area contributed by atoms with E-state index >= 15 is 0 Å². The Morgan fingerprint density at radius 3 is 2.86 bits per heavy atom. The van der Waals surface area contributed by atoms with Crippen molar-refractivity contribution in [1.82, 2.24) is 25.0 Å². The number of carbonyl (C=O) groups is 3. The average molecular weight is 635 g/mol. The van der Waals surface area contributed by atoms with Crippen LogP contribution in [0.1, 0.15) is 30.0 Å². The van der Waals surface area contributed by atoms with E-state index in [0.29, 0.717) is 67.8 Å². The number of halogens is 2. The third-order valence-corrected chi connectivity index (χ3v) is 8.55. The van der Waals surface area contributed by atoms with Crippen LogP contribution >= 0.6 is 22.9 Å². The van der Waals surface area contributed by atoms with Gasteiger partial charge in [-0.05, 0) is 19.4 Å². The SMILES string of the molecule is CCOC(=O)C1=C(CN2CCN3C(=O)N(CCCOCC(=O)O)C[C@H]3C2)NC(c2nccs2)=N[C@H]1c1cccc(F)c1Cl. The smallest absolute Gasteiger partial charge is 0.338 e. The summed E-state index contributed by atoms with van der Waals surface area (Å²) < 4.78 is 25.1. The molecule has 12 nitrogen and oxygen atoms in total. The predicted octanol–water partition coefficient (Wildman–Crippen LogP) is 2.76. The van der Waals surface area contributed by atoms with Crippen molar-refractivity contribution in [3.63, 3.8) is 0 Å². The lowest BCUT2D eigenvalue weighted by Crippen LogP contribution is -2.53. The number of carbonyl (C=O) groups excluding carboxylic acids is 2. The second-order valence-corrected chi connectivity index (χ2v) is 11.5. The van der Waals surface area contributed by atoms with Gasteiger partial charge in [0.15, 0.2) is 10.8 Å². The summed E-state index contributed by atoms with van der Waals surface area (Å²) in [7, 11) is 0. The fraction of sp³-hybridized carbons (Fsp3) is 0.464. The van der Waals surface area contributed by atoms with E-state index in [4.69, 9.17) is 31.2 Å². The Bertz CT molecular complexity index is 1420. The number of piperazine rings is 1. The molecule has 2 saturated heterocycles. The fourth-order valence-electron chi connectivity index (χ4n) is 5.49. The Kier molecular flexibility index (Phi) is 9.90. The molecule has 0 aliphatic carbocycles. The van der Waals surface area contributed by atoms with Crippen molar-refractivity contribution >= 4 is 46.7 Å². The van der Waals surface area contributed by atoms with Crippen molar-refractivity contribution in [1.29, 1.82) is 0 Å². The Balaban J connectivity index is 1.37. The highest BCUT2D eigenvalue weighted by atomic mass is 35.5. The molecule has 0 spiro atoms. The van der Waals surface area contributed by atoms with E-state index < -0.39 is 23.8 Å². The van der Waals surface area contributed by atoms with Crippen molar-refractivity contribution in [2.75, 3.05) is 59.1 Å². The Morgan fingerprint density at radius 1 is 1.28 bits per heavy atom. The number of esters is 1. The Hall–Kier alpha value is -3.59. The van der Waals surface area contributed by atoms with E-state index in [0.717, 1.165) is 0 Å². The number of nitrogens with zero attached hydrogens (tertiary/aromatic N) is 5. The highest BCUT2D eigenvalue weighted by Crippen LogP contribution is 2.37. The highest BCUT2D eigenvalue weighted by Gasteiger charge is 2.41. The molecule has 4 heterocycles. The molecule has 1 aromatic heterocycles. The van der Waals surface area contributed by atoms with E-state index in [9.17, 15) is 18.8 Å². The standard InChI is InChI=1S/C28H32ClFN6O6S/c1-2-42-27(39)22-20(32-25(26-31-7-12-43-26)33-24(22)18-5-3-6-19(30)23(18)29)15-34-9-10-36-17(13-34)14-35(28(36)40)8-4-11-41-16-21(37)38/h3,5-7,12,17,24H,2,4,8-11,13-16H2,1H3,(H,32,33)(H,37,38)/t17-,24+/m1/s1. The Labute approximate surface area is 256 Å². The van der Waals surface area contributed by atoms with E-state index in [-0.39, 0.29) is 42.5 Å². The number of carboxylic acids is 1. The van der Waals surface area contributed by atoms with Gasteiger partial charge in [-0.3, -0.25) is 9.89 Å². The third kappa shape index (κ3) is 6.98. The molecule has 3 aliphatic heterocycles. The number of hydrogen-bond acceptors (Lipinski definition) is 10. The monoisotopic (exact) mass is 634 g/mol. The van der Waals surface area contributed by atoms with Gasteiger partial charge in [0.2, 0.25) is 0 Å². The molecule has 5 rings (SSSR count). The fourth-order valence-corrected chi connectivity index (χ4v) is 6.31. The van der Waals surface area contributed by atoms with E-state index in [1.165, 1.54) is 23.5 Å². The first-order valence-electron chi connectivity index (χ1n) is 13.9. The van der Waals surface area contributed by atoms with Gasteiger partial charge < -0.3 is 29.7 Å². The molecular weight excluding hydrogens is 603 g/mol. The summed E-state index contributed by atoms with van der Waals surface area (Å²) in [6.07, 6.45) is 2.19. The lowest BCUT2D eigenvalue weighted by atomic mass is 9.95. The zero-order valence-electron chi connectivity index (χ0n) is 23.5. The molecule has 2 atom stereocenters. The van der Waals surface area contributed by atoms with Crippen molar-refractivity contribution in [2.24, 2.45) is 4.99 Å². The van der Waals surface area contributed by atoms with Crippen LogP contribution in [0.15, 0.2) is 46.0 Å². The quantitative estimate of drug-likeness (QED) is 0.267. The van der Waals surface area contributed by atoms with Gasteiger partial charge in [0, 0.05) is 68.7 Å². The molecule has 2 N–H and O–H groups in total. The minimum absolute atomic E-state index is 0.0518. The molecule has 230 valence electrons. The zero-order chi connectivity index (χ0) is 30.5. The topological polar surface area (TPSA) is 137 Å². The van der Waals surface area contributed by atoms with Crippen LogP contribution in [-0.2, 0) is 19.1 Å². The van der Waals surface area contributed by atoms with Crippen LogP contribution in [0.25, 0.3) is 0 Å². The number of ether oxygens (including phenoxy) is 2. The van der Waals surface area contributed by atoms with Crippen LogP contribution in [0.3, 0.4) is 0 Å². The number of benzene rings is 1. The number of amides is 2. The van der Waals surface area contributed by atoms with Crippen molar-refractivity contribution in [3.8, 4) is 0 Å². The molecule has 0 saturated carbocycles. The maximum Gasteiger partial charge on any atom is 0.338 e. The van der Waals surface area contributed by atoms with Crippen LogP contribution < -0.4 is 5.32 Å². The van der Waals surface area contributed by atoms with Gasteiger partial charge in [-0.1, -0.05) is 23.7 Å². The summed E-state index contributed by atoms with van der Waals surface area (Å²) >= 11 is 7.78. The van der Waals surface area contributed by atoms with Crippen molar-refractivity contribution in [2.45, 2.75) is 25.4 Å². The minimum atomic E-state index is -1.03. The maximum absolute atomic E-state index is 14.6. The van der Waals surface area contributed by atoms with Crippen LogP contribution in [0.5, 0.6) is 0 Å². The first kappa shape index (κ1) is 30.9. The molecule has 15 heteroatoms. The molecule has 2 fully saturated rings. The van der Waals surface area contributed by atoms with E-state index in [2.05, 4.69) is 15.2 Å². The molecule has 0 radical (unpaired) electrons. The lowest BCUT2D eigenvalue weighted by Gasteiger charge is -2.38. The average Bonchev–Trinajstić information content (AvgIpc) is 3.62. The van der Waals surface area contributed by atoms with Crippen molar-refractivity contribution < 1.29 is 33.4 Å². The molecule has 0 bridgehead atoms. The summed E-state index contributed by atoms with van der Waals surface area (Å²) in [6, 6.07) is 3.39. The number of urea groups is 1. The number of aliphatic carboxylic acids is 1. The van der Waals surface area contributed by atoms with Gasteiger partial charge in [0.1, 0.15) is 18.5 Å². The van der Waals surface area contributed by atoms with Gasteiger partial charge in [-0.25, -0.2) is 23.8 Å². The molecule has 2 amide bonds. The van der Waals surface area contributed by atoms with E-state index in [1.54, 1.807) is 24.1 Å². The minimum Gasteiger partial charge on any atom is -0.480 e. The normalized spacial score (nSPS) is 20.6. The number of aliphatic imine (C=N–C) groups is 1. The van der Waals surface area contributed by atoms with Gasteiger partial charge >= 0.3 is 18.0 Å². The summed E-state index contributed by atoms with van der Waals surface area (Å²) in [5.74, 6) is -1.79. The number of carboxylic acid groups (broad SMARTS) is 1. The van der Waals surface area contributed by atoms with Gasteiger partial charge in [-0.2, -0.15) is 0 Å². The largest absolute Gasteiger partial charge is 0.480 e. The number of rotatable bonds is 12. The summed E-state index contributed by atoms with van der Waals surface area (Å²) in [4.78, 5) is 52.0. The second kappa shape index (κ2) is 13.8. The van der Waals surface area contributed by atoms with Crippen molar-refractivity contribution in [3.05, 3.63) is 62.5 Å². The summed E-state index contributed by atoms with van der Waals surface area (Å²) in [5.41, 5.74) is 1.13. The molecule has 0 unspecified atom stereocenters. The van der Waals surface area contributed by atoms with Crippen LogP contribution in [0.2, 0.25) is 5.02 Å². The predicted molar refractivity (Wildman–Crippen MR) is 157 cm³/mol. The van der Waals surface area contributed by atoms with Crippen LogP contribution in [0, 0.1) is 5.82 Å². The molecule has 1 aromatic carbocycles. The highest BCUT2D eigenvalue weighted by molar-refractivity contribution is 7.11. The number of fused-ring (bicyclic) bond motifs is 1. The van der Waals surface area contributed by atoms with E-state index in [1.807, 2.05) is 10.3 Å². The first-order valence-corrected chi connectivity index (χ1v) is 15.2. The number of thiazole rings is 1. The van der Waals surface area contributed by atoms with Gasteiger partial charge in [0.05, 0.1) is 23.2 Å². The molecule has 2 aromatic rings. The number of aromatic nitrogens is 1. The summed E-state index contributed by atoms with van der Waals surface area (Å²) in [5, 5.41) is 14.3. The second-order valence-electron chi connectivity index (χ2n) is 10.2. The van der Waals surface area contributed by atoms with Gasteiger partial charge in [0.25, 0.3) is 0 Å². The zero-order valence-corrected chi connectivity index (χ0v) is 25.1. The third-order valence-electron chi connectivity index (χ3n) is 7.37. The summed E-state index contributed by atoms with van der Waals surface area (Å²) in [6.45, 7) is 4.69. The Morgan fingerprint density at radius 2 is 2.12 bits per heavy atom. The number of nitrogens with one attached hydrogen (secondary N) is 1. The van der Waals surface area contributed by atoms with Gasteiger partial charge in [-0.15, -0.1) is 11.3 Å². The molecule has 3 aliphatic rings. The first-order chi connectivity index (χ1) is 20.8. The number of hydrogen-bond donors (Lipinski definition) is 2. The molecule has 43 heavy (non-hydrogen) atoms. The maximum atomic E-state index is 14.6. The van der Waals surface area contributed by atoms with Crippen LogP contribution in [-0.4, -0.2) is 114 Å². The number of amidine groups is 1.